The molecule has 0 aliphatic carbocycles. The molecule has 44 heavy (non-hydrogen) atoms. The van der Waals surface area contributed by atoms with Crippen molar-refractivity contribution in [2.45, 2.75) is 45.1 Å². The summed E-state index contributed by atoms with van der Waals surface area (Å²) in [5.74, 6) is 1.82. The Morgan fingerprint density at radius 3 is 2.45 bits per heavy atom. The minimum Gasteiger partial charge on any atom is -0.497 e. The summed E-state index contributed by atoms with van der Waals surface area (Å²) in [5.41, 5.74) is 4.04. The lowest BCUT2D eigenvalue weighted by atomic mass is 9.80. The molecule has 0 bridgehead atoms. The number of aromatic nitrogens is 3. The van der Waals surface area contributed by atoms with Gasteiger partial charge in [-0.1, -0.05) is 42.3 Å². The lowest BCUT2D eigenvalue weighted by Gasteiger charge is -2.14. The maximum atomic E-state index is 13.2. The van der Waals surface area contributed by atoms with Crippen molar-refractivity contribution in [3.63, 3.8) is 0 Å². The number of hydrogen-bond donors (Lipinski definition) is 3. The molecule has 0 saturated carbocycles. The molecule has 0 unspecified atom stereocenters. The first kappa shape index (κ1) is 31.1. The Hall–Kier alpha value is -4.32. The number of nitrogens with zero attached hydrogens (tertiary/aromatic N) is 4. The summed E-state index contributed by atoms with van der Waals surface area (Å²) < 4.78 is 7.48. The number of ether oxygens (including phenoxy) is 1. The highest BCUT2D eigenvalue weighted by Crippen LogP contribution is 2.34. The lowest BCUT2D eigenvalue weighted by molar-refractivity contribution is -0.119. The standard InChI is InChI=1S/C32H33BClN5O5/c1-20-37-38-31-28(18-25(40)6-4-3-5-17-35-32(41)22-7-11-23(12-8-22)33(42)43)36-30(21-9-13-24(34)14-10-21)27-19-26(44-2)15-16-29(27)39(20)31/h7-16,19,28,42-43H,3-6,17-18H2,1-2H3,(H,35,41)/t28-/m0/s1. The van der Waals surface area contributed by atoms with E-state index in [2.05, 4.69) is 15.5 Å². The average molecular weight is 614 g/mol. The molecule has 1 aliphatic rings. The number of amides is 1. The maximum absolute atomic E-state index is 13.2. The predicted molar refractivity (Wildman–Crippen MR) is 169 cm³/mol. The summed E-state index contributed by atoms with van der Waals surface area (Å²) in [6.07, 6.45) is 2.73. The predicted octanol–water partition coefficient (Wildman–Crippen LogP) is 3.76. The second-order valence-corrected chi connectivity index (χ2v) is 11.1. The number of carbonyl (C=O) groups excluding carboxylic acids is 2. The van der Waals surface area contributed by atoms with E-state index in [4.69, 9.17) is 21.3 Å². The van der Waals surface area contributed by atoms with Crippen LogP contribution in [0.5, 0.6) is 5.75 Å². The van der Waals surface area contributed by atoms with E-state index in [0.717, 1.165) is 35.4 Å². The third-order valence-electron chi connectivity index (χ3n) is 7.56. The molecule has 0 radical (unpaired) electrons. The minimum absolute atomic E-state index is 0.0696. The number of Topliss-reactive ketones (excluding diaryl/α,β-unsaturated/α-hetero) is 1. The average Bonchev–Trinajstić information content (AvgIpc) is 3.35. The van der Waals surface area contributed by atoms with E-state index in [9.17, 15) is 19.6 Å². The van der Waals surface area contributed by atoms with Crippen LogP contribution in [0.1, 0.15) is 71.3 Å². The molecule has 5 rings (SSSR count). The molecular formula is C32H33BClN5O5. The molecule has 0 saturated heterocycles. The topological polar surface area (TPSA) is 139 Å². The van der Waals surface area contributed by atoms with Crippen LogP contribution in [0.15, 0.2) is 71.7 Å². The lowest BCUT2D eigenvalue weighted by Crippen LogP contribution is -2.30. The van der Waals surface area contributed by atoms with E-state index in [-0.39, 0.29) is 18.1 Å². The molecule has 1 amide bonds. The smallest absolute Gasteiger partial charge is 0.488 e. The largest absolute Gasteiger partial charge is 0.497 e. The normalized spacial score (nSPS) is 13.8. The van der Waals surface area contributed by atoms with E-state index in [0.29, 0.717) is 52.8 Å². The molecular weight excluding hydrogens is 581 g/mol. The fourth-order valence-corrected chi connectivity index (χ4v) is 5.36. The van der Waals surface area contributed by atoms with E-state index < -0.39 is 13.2 Å². The summed E-state index contributed by atoms with van der Waals surface area (Å²) >= 11 is 6.18. The van der Waals surface area contributed by atoms with Crippen molar-refractivity contribution in [3.05, 3.63) is 100 Å². The van der Waals surface area contributed by atoms with Gasteiger partial charge in [0.2, 0.25) is 0 Å². The summed E-state index contributed by atoms with van der Waals surface area (Å²) in [4.78, 5) is 30.7. The molecule has 226 valence electrons. The van der Waals surface area contributed by atoms with Gasteiger partial charge in [-0.25, -0.2) is 0 Å². The van der Waals surface area contributed by atoms with Gasteiger partial charge in [0, 0.05) is 41.1 Å². The Morgan fingerprint density at radius 2 is 1.75 bits per heavy atom. The fourth-order valence-electron chi connectivity index (χ4n) is 5.23. The molecule has 1 atom stereocenters. The van der Waals surface area contributed by atoms with Crippen LogP contribution >= 0.6 is 11.6 Å². The molecule has 4 aromatic rings. The van der Waals surface area contributed by atoms with Gasteiger partial charge in [-0.15, -0.1) is 10.2 Å². The molecule has 1 aliphatic heterocycles. The van der Waals surface area contributed by atoms with Crippen molar-refractivity contribution in [1.29, 1.82) is 0 Å². The van der Waals surface area contributed by atoms with Gasteiger partial charge >= 0.3 is 7.12 Å². The molecule has 3 N–H and O–H groups in total. The van der Waals surface area contributed by atoms with Gasteiger partial charge in [0.15, 0.2) is 5.82 Å². The number of ketones is 1. The summed E-state index contributed by atoms with van der Waals surface area (Å²) in [6.45, 7) is 2.35. The zero-order valence-electron chi connectivity index (χ0n) is 24.5. The van der Waals surface area contributed by atoms with E-state index >= 15 is 0 Å². The second kappa shape index (κ2) is 14.0. The summed E-state index contributed by atoms with van der Waals surface area (Å²) in [7, 11) is 0.0460. The van der Waals surface area contributed by atoms with Gasteiger partial charge in [0.05, 0.1) is 18.5 Å². The Kier molecular flexibility index (Phi) is 9.89. The molecule has 1 aromatic heterocycles. The number of halogens is 1. The number of aliphatic imine (C=N–C) groups is 1. The van der Waals surface area contributed by atoms with Gasteiger partial charge in [0.1, 0.15) is 23.4 Å². The highest BCUT2D eigenvalue weighted by molar-refractivity contribution is 6.58. The van der Waals surface area contributed by atoms with Crippen LogP contribution in [-0.4, -0.2) is 63.0 Å². The van der Waals surface area contributed by atoms with Crippen LogP contribution in [0.25, 0.3) is 5.69 Å². The van der Waals surface area contributed by atoms with Crippen molar-refractivity contribution >= 4 is 41.6 Å². The first-order valence-electron chi connectivity index (χ1n) is 14.5. The highest BCUT2D eigenvalue weighted by Gasteiger charge is 2.30. The second-order valence-electron chi connectivity index (χ2n) is 10.6. The molecule has 12 heteroatoms. The first-order chi connectivity index (χ1) is 21.2. The van der Waals surface area contributed by atoms with E-state index in [1.807, 2.05) is 54.0 Å². The van der Waals surface area contributed by atoms with Crippen LogP contribution in [0.2, 0.25) is 5.02 Å². The summed E-state index contributed by atoms with van der Waals surface area (Å²) in [5, 5.41) is 30.6. The number of rotatable bonds is 12. The fraction of sp³-hybridized carbons (Fsp3) is 0.281. The van der Waals surface area contributed by atoms with Crippen molar-refractivity contribution < 1.29 is 24.4 Å². The van der Waals surface area contributed by atoms with Crippen molar-refractivity contribution in [2.75, 3.05) is 13.7 Å². The number of hydrogen-bond acceptors (Lipinski definition) is 8. The summed E-state index contributed by atoms with van der Waals surface area (Å²) in [6, 6.07) is 18.8. The molecule has 0 spiro atoms. The van der Waals surface area contributed by atoms with Gasteiger partial charge < -0.3 is 20.1 Å². The monoisotopic (exact) mass is 613 g/mol. The van der Waals surface area contributed by atoms with Crippen molar-refractivity contribution in [2.24, 2.45) is 4.99 Å². The zero-order valence-corrected chi connectivity index (χ0v) is 25.3. The quantitative estimate of drug-likeness (QED) is 0.163. The first-order valence-corrected chi connectivity index (χ1v) is 14.8. The van der Waals surface area contributed by atoms with Crippen LogP contribution in [0, 0.1) is 6.92 Å². The van der Waals surface area contributed by atoms with Crippen LogP contribution in [0.4, 0.5) is 0 Å². The molecule has 2 heterocycles. The Bertz CT molecular complexity index is 1670. The van der Waals surface area contributed by atoms with Gasteiger partial charge in [-0.2, -0.15) is 0 Å². The van der Waals surface area contributed by atoms with E-state index in [1.54, 1.807) is 19.2 Å². The van der Waals surface area contributed by atoms with Gasteiger partial charge in [0.25, 0.3) is 5.91 Å². The van der Waals surface area contributed by atoms with Gasteiger partial charge in [-0.3, -0.25) is 19.1 Å². The van der Waals surface area contributed by atoms with Crippen LogP contribution < -0.4 is 15.5 Å². The molecule has 0 fully saturated rings. The van der Waals surface area contributed by atoms with E-state index in [1.165, 1.54) is 12.1 Å². The van der Waals surface area contributed by atoms with Crippen molar-refractivity contribution in [3.8, 4) is 11.4 Å². The zero-order chi connectivity index (χ0) is 31.2. The number of nitrogens with one attached hydrogen (secondary N) is 1. The maximum Gasteiger partial charge on any atom is 0.488 e. The number of methoxy groups -OCH3 is 1. The van der Waals surface area contributed by atoms with Crippen LogP contribution in [0.3, 0.4) is 0 Å². The number of aryl methyl sites for hydroxylation is 1. The minimum atomic E-state index is -1.57. The molecule has 3 aromatic carbocycles. The third kappa shape index (κ3) is 7.07. The number of fused-ring (bicyclic) bond motifs is 3. The third-order valence-corrected chi connectivity index (χ3v) is 7.81. The Labute approximate surface area is 260 Å². The van der Waals surface area contributed by atoms with Crippen LogP contribution in [-0.2, 0) is 4.79 Å². The highest BCUT2D eigenvalue weighted by atomic mass is 35.5. The molecule has 10 nitrogen and oxygen atoms in total. The number of carbonyl (C=O) groups is 2. The number of unbranched alkanes of at least 4 members (excludes halogenated alkanes) is 2. The SMILES string of the molecule is COc1ccc2c(c1)C(c1ccc(Cl)cc1)=N[C@@H](CC(=O)CCCCCNC(=O)c1ccc(B(O)O)cc1)c1nnc(C)n1-2. The van der Waals surface area contributed by atoms with Crippen molar-refractivity contribution in [1.82, 2.24) is 20.1 Å². The Morgan fingerprint density at radius 1 is 1.00 bits per heavy atom. The number of benzene rings is 3. The Balaban J connectivity index is 1.24. The van der Waals surface area contributed by atoms with Gasteiger partial charge in [-0.05, 0) is 67.7 Å².